The Bertz CT molecular complexity index is 1440. The van der Waals surface area contributed by atoms with Crippen molar-refractivity contribution in [3.05, 3.63) is 100 Å². The Kier molecular flexibility index (Phi) is 7.63. The summed E-state index contributed by atoms with van der Waals surface area (Å²) in [5.41, 5.74) is 4.92. The Morgan fingerprint density at radius 3 is 2.85 bits per heavy atom. The summed E-state index contributed by atoms with van der Waals surface area (Å²) in [5.74, 6) is -0.169. The van der Waals surface area contributed by atoms with Gasteiger partial charge in [-0.1, -0.05) is 58.4 Å². The molecule has 0 aliphatic carbocycles. The van der Waals surface area contributed by atoms with Crippen LogP contribution in [0.2, 0.25) is 5.02 Å². The number of halogens is 2. The van der Waals surface area contributed by atoms with Crippen LogP contribution in [-0.2, 0) is 0 Å². The molecule has 0 unspecified atom stereocenters. The number of aromatic nitrogens is 2. The Hall–Kier alpha value is -3.19. The van der Waals surface area contributed by atoms with Gasteiger partial charge in [0, 0.05) is 50.6 Å². The molecule has 2 aromatic carbocycles. The number of rotatable bonds is 8. The number of carbonyl (C=O) groups is 1. The number of H-pyrrole nitrogens is 1. The first-order valence-corrected chi connectivity index (χ1v) is 12.0. The van der Waals surface area contributed by atoms with Crippen LogP contribution >= 0.6 is 27.5 Å². The average Bonchev–Trinajstić information content (AvgIpc) is 3.25. The minimum Gasteiger partial charge on any atom is -0.360 e. The van der Waals surface area contributed by atoms with Crippen LogP contribution in [0.1, 0.15) is 10.4 Å². The molecule has 2 heterocycles. The molecule has 5 nitrogen and oxygen atoms in total. The molecule has 4 aromatic rings. The van der Waals surface area contributed by atoms with Crippen LogP contribution in [-0.4, -0.2) is 36.0 Å². The van der Waals surface area contributed by atoms with Crippen molar-refractivity contribution in [2.24, 2.45) is 0 Å². The molecule has 2 aromatic heterocycles. The van der Waals surface area contributed by atoms with Gasteiger partial charge < -0.3 is 15.6 Å². The van der Waals surface area contributed by atoms with Crippen molar-refractivity contribution in [1.82, 2.24) is 20.6 Å². The zero-order valence-corrected chi connectivity index (χ0v) is 21.0. The number of amides is 1. The largest absolute Gasteiger partial charge is 0.360 e. The van der Waals surface area contributed by atoms with Crippen molar-refractivity contribution in [3.63, 3.8) is 0 Å². The predicted molar refractivity (Wildman–Crippen MR) is 145 cm³/mol. The number of pyridine rings is 1. The third-order valence-electron chi connectivity index (χ3n) is 5.41. The van der Waals surface area contributed by atoms with E-state index < -0.39 is 0 Å². The van der Waals surface area contributed by atoms with Gasteiger partial charge in [0.2, 0.25) is 0 Å². The molecule has 7 heteroatoms. The van der Waals surface area contributed by atoms with E-state index in [1.807, 2.05) is 73.9 Å². The molecule has 172 valence electrons. The Labute approximate surface area is 211 Å². The number of aromatic amines is 1. The first-order valence-electron chi connectivity index (χ1n) is 10.8. The number of allylic oxidation sites excluding steroid dienone is 2. The third-order valence-corrected chi connectivity index (χ3v) is 6.13. The fourth-order valence-electron chi connectivity index (χ4n) is 3.74. The van der Waals surface area contributed by atoms with E-state index >= 15 is 0 Å². The van der Waals surface area contributed by atoms with Crippen molar-refractivity contribution in [3.8, 4) is 11.3 Å². The smallest absolute Gasteiger partial charge is 0.252 e. The van der Waals surface area contributed by atoms with E-state index in [0.29, 0.717) is 22.8 Å². The summed E-state index contributed by atoms with van der Waals surface area (Å²) in [6, 6.07) is 13.3. The molecule has 0 fully saturated rings. The zero-order valence-electron chi connectivity index (χ0n) is 18.7. The number of hydrogen-bond donors (Lipinski definition) is 3. The molecule has 0 aliphatic rings. The Balaban J connectivity index is 1.67. The topological polar surface area (TPSA) is 69.8 Å². The van der Waals surface area contributed by atoms with Gasteiger partial charge >= 0.3 is 0 Å². The molecule has 0 saturated carbocycles. The van der Waals surface area contributed by atoms with E-state index in [9.17, 15) is 4.79 Å². The third kappa shape index (κ3) is 5.30. The summed E-state index contributed by atoms with van der Waals surface area (Å²) < 4.78 is 0.883. The minimum atomic E-state index is -0.169. The van der Waals surface area contributed by atoms with Crippen LogP contribution in [0.5, 0.6) is 0 Å². The second kappa shape index (κ2) is 10.8. The van der Waals surface area contributed by atoms with Crippen LogP contribution in [0.15, 0.2) is 89.6 Å². The van der Waals surface area contributed by atoms with Crippen molar-refractivity contribution in [2.75, 3.05) is 20.1 Å². The van der Waals surface area contributed by atoms with Crippen LogP contribution in [0.3, 0.4) is 0 Å². The molecule has 0 atom stereocenters. The molecule has 34 heavy (non-hydrogen) atoms. The highest BCUT2D eigenvalue weighted by Gasteiger charge is 2.16. The summed E-state index contributed by atoms with van der Waals surface area (Å²) in [6.07, 6.45) is 9.48. The Morgan fingerprint density at radius 1 is 1.21 bits per heavy atom. The number of hydrogen-bond acceptors (Lipinski definition) is 3. The van der Waals surface area contributed by atoms with Crippen LogP contribution in [0.25, 0.3) is 33.1 Å². The van der Waals surface area contributed by atoms with Gasteiger partial charge in [-0.15, -0.1) is 0 Å². The van der Waals surface area contributed by atoms with E-state index in [0.717, 1.165) is 44.0 Å². The van der Waals surface area contributed by atoms with Gasteiger partial charge in [0.05, 0.1) is 16.8 Å². The molecular formula is C27H24BrClN4O. The molecule has 1 amide bonds. The maximum Gasteiger partial charge on any atom is 0.252 e. The maximum atomic E-state index is 13.2. The van der Waals surface area contributed by atoms with Crippen LogP contribution in [0.4, 0.5) is 0 Å². The molecule has 3 N–H and O–H groups in total. The SMILES string of the molecule is C=C/C(=C\C=C\CNC(=O)c1cc(-c2c[nH]c3ccc(Cl)cc23)nc2ccc(Br)cc12)CNC. The molecule has 0 bridgehead atoms. The highest BCUT2D eigenvalue weighted by atomic mass is 79.9. The van der Waals surface area contributed by atoms with Gasteiger partial charge in [-0.3, -0.25) is 4.79 Å². The highest BCUT2D eigenvalue weighted by Crippen LogP contribution is 2.32. The second-order valence-electron chi connectivity index (χ2n) is 7.72. The van der Waals surface area contributed by atoms with Crippen LogP contribution in [0, 0.1) is 0 Å². The lowest BCUT2D eigenvalue weighted by Gasteiger charge is -2.10. The monoisotopic (exact) mass is 534 g/mol. The second-order valence-corrected chi connectivity index (χ2v) is 9.08. The molecule has 0 aliphatic heterocycles. The summed E-state index contributed by atoms with van der Waals surface area (Å²) >= 11 is 9.75. The number of nitrogens with one attached hydrogen (secondary N) is 3. The predicted octanol–water partition coefficient (Wildman–Crippen LogP) is 6.42. The van der Waals surface area contributed by atoms with E-state index in [4.69, 9.17) is 16.6 Å². The van der Waals surface area contributed by atoms with Gasteiger partial charge in [-0.25, -0.2) is 4.98 Å². The quantitative estimate of drug-likeness (QED) is 0.228. The fourth-order valence-corrected chi connectivity index (χ4v) is 4.27. The lowest BCUT2D eigenvalue weighted by molar-refractivity contribution is 0.0959. The van der Waals surface area contributed by atoms with E-state index in [2.05, 4.69) is 38.1 Å². The van der Waals surface area contributed by atoms with Crippen molar-refractivity contribution >= 4 is 55.2 Å². The van der Waals surface area contributed by atoms with Gasteiger partial charge in [0.1, 0.15) is 0 Å². The van der Waals surface area contributed by atoms with Gasteiger partial charge in [0.15, 0.2) is 0 Å². The fraction of sp³-hybridized carbons (Fsp3) is 0.111. The molecule has 0 radical (unpaired) electrons. The van der Waals surface area contributed by atoms with E-state index in [1.165, 1.54) is 0 Å². The number of nitrogens with zero attached hydrogens (tertiary/aromatic N) is 1. The normalized spacial score (nSPS) is 12.0. The average molecular weight is 536 g/mol. The molecule has 0 saturated heterocycles. The molecule has 0 spiro atoms. The maximum absolute atomic E-state index is 13.2. The zero-order chi connectivity index (χ0) is 24.1. The number of fused-ring (bicyclic) bond motifs is 2. The summed E-state index contributed by atoms with van der Waals surface area (Å²) in [6.45, 7) is 4.94. The summed E-state index contributed by atoms with van der Waals surface area (Å²) in [4.78, 5) is 21.3. The van der Waals surface area contributed by atoms with Gasteiger partial charge in [-0.2, -0.15) is 0 Å². The van der Waals surface area contributed by atoms with E-state index in [-0.39, 0.29) is 5.91 Å². The standard InChI is InChI=1S/C27H24BrClN4O/c1-3-17(15-30-2)6-4-5-11-31-27(34)22-14-26(33-25-9-7-18(28)12-20(22)25)23-16-32-24-10-8-19(29)13-21(23)24/h3-10,12-14,16,30,32H,1,11,15H2,2H3,(H,31,34)/b5-4+,17-6+. The van der Waals surface area contributed by atoms with Gasteiger partial charge in [-0.05, 0) is 55.1 Å². The summed E-state index contributed by atoms with van der Waals surface area (Å²) in [7, 11) is 1.89. The lowest BCUT2D eigenvalue weighted by Crippen LogP contribution is -2.23. The number of benzene rings is 2. The molecular weight excluding hydrogens is 512 g/mol. The first-order chi connectivity index (χ1) is 16.5. The van der Waals surface area contributed by atoms with Crippen molar-refractivity contribution in [2.45, 2.75) is 0 Å². The minimum absolute atomic E-state index is 0.169. The highest BCUT2D eigenvalue weighted by molar-refractivity contribution is 9.10. The van der Waals surface area contributed by atoms with E-state index in [1.54, 1.807) is 6.08 Å². The van der Waals surface area contributed by atoms with Gasteiger partial charge in [0.25, 0.3) is 5.91 Å². The van der Waals surface area contributed by atoms with Crippen molar-refractivity contribution < 1.29 is 4.79 Å². The lowest BCUT2D eigenvalue weighted by atomic mass is 10.0. The number of likely N-dealkylation sites (N-methyl/N-ethyl adjacent to an activating group) is 1. The first kappa shape index (κ1) is 24.0. The van der Waals surface area contributed by atoms with Crippen LogP contribution < -0.4 is 10.6 Å². The summed E-state index contributed by atoms with van der Waals surface area (Å²) in [5, 5.41) is 8.45. The Morgan fingerprint density at radius 2 is 2.06 bits per heavy atom. The molecule has 4 rings (SSSR count). The van der Waals surface area contributed by atoms with Crippen molar-refractivity contribution in [1.29, 1.82) is 0 Å². The number of carbonyl (C=O) groups excluding carboxylic acids is 1.